The van der Waals surface area contributed by atoms with Gasteiger partial charge in [0.25, 0.3) is 0 Å². The van der Waals surface area contributed by atoms with Gasteiger partial charge in [-0.25, -0.2) is 9.97 Å². The van der Waals surface area contributed by atoms with Crippen molar-refractivity contribution in [3.63, 3.8) is 0 Å². The molecule has 0 bridgehead atoms. The lowest BCUT2D eigenvalue weighted by Crippen LogP contribution is -2.01. The highest BCUT2D eigenvalue weighted by Gasteiger charge is 2.20. The number of hydrogen-bond donors (Lipinski definition) is 2. The first kappa shape index (κ1) is 23.8. The van der Waals surface area contributed by atoms with E-state index in [4.69, 9.17) is 9.84 Å². The SMILES string of the molecule is COc1ncc(-c2ccccc2)c2sc(NC=O)nc12.OC(F)(F)F.c1ccccc1. The number of pyridine rings is 1. The van der Waals surface area contributed by atoms with Crippen molar-refractivity contribution >= 4 is 33.1 Å². The molecule has 1 amide bonds. The summed E-state index contributed by atoms with van der Waals surface area (Å²) >= 11 is 1.40. The largest absolute Gasteiger partial charge is 0.519 e. The minimum atomic E-state index is -5.00. The van der Waals surface area contributed by atoms with E-state index in [0.29, 0.717) is 22.9 Å². The summed E-state index contributed by atoms with van der Waals surface area (Å²) in [5, 5.41) is 9.62. The number of amides is 1. The topological polar surface area (TPSA) is 84.3 Å². The van der Waals surface area contributed by atoms with Gasteiger partial charge in [0.15, 0.2) is 5.13 Å². The van der Waals surface area contributed by atoms with Gasteiger partial charge < -0.3 is 15.2 Å². The Kier molecular flexibility index (Phi) is 8.92. The van der Waals surface area contributed by atoms with Crippen LogP contribution in [-0.4, -0.2) is 35.0 Å². The summed E-state index contributed by atoms with van der Waals surface area (Å²) in [6.45, 7) is 0. The van der Waals surface area contributed by atoms with Gasteiger partial charge in [-0.1, -0.05) is 78.1 Å². The van der Waals surface area contributed by atoms with Crippen molar-refractivity contribution in [1.29, 1.82) is 0 Å². The molecule has 10 heteroatoms. The number of benzene rings is 2. The molecule has 4 rings (SSSR count). The van der Waals surface area contributed by atoms with Gasteiger partial charge in [-0.15, -0.1) is 13.2 Å². The van der Waals surface area contributed by atoms with Gasteiger partial charge in [0.2, 0.25) is 12.3 Å². The first-order chi connectivity index (χ1) is 14.8. The van der Waals surface area contributed by atoms with E-state index in [1.165, 1.54) is 11.3 Å². The average molecular weight is 449 g/mol. The van der Waals surface area contributed by atoms with Gasteiger partial charge >= 0.3 is 6.36 Å². The number of ether oxygens (including phenoxy) is 1. The molecule has 2 heterocycles. The zero-order valence-electron chi connectivity index (χ0n) is 16.2. The predicted molar refractivity (Wildman–Crippen MR) is 114 cm³/mol. The average Bonchev–Trinajstić information content (AvgIpc) is 3.18. The second kappa shape index (κ2) is 11.6. The summed E-state index contributed by atoms with van der Waals surface area (Å²) < 4.78 is 35.9. The van der Waals surface area contributed by atoms with Gasteiger partial charge in [0.05, 0.1) is 11.8 Å². The van der Waals surface area contributed by atoms with Gasteiger partial charge in [-0.3, -0.25) is 4.79 Å². The Labute approximate surface area is 180 Å². The Morgan fingerprint density at radius 3 is 2.03 bits per heavy atom. The van der Waals surface area contributed by atoms with Gasteiger partial charge in [0.1, 0.15) is 5.52 Å². The third-order valence-electron chi connectivity index (χ3n) is 3.51. The Balaban J connectivity index is 0.000000255. The van der Waals surface area contributed by atoms with E-state index in [-0.39, 0.29) is 0 Å². The number of carbonyl (C=O) groups is 1. The first-order valence-electron chi connectivity index (χ1n) is 8.71. The van der Waals surface area contributed by atoms with Gasteiger partial charge in [-0.05, 0) is 5.56 Å². The molecule has 2 aromatic heterocycles. The fourth-order valence-electron chi connectivity index (χ4n) is 2.36. The quantitative estimate of drug-likeness (QED) is 0.423. The fraction of sp³-hybridized carbons (Fsp3) is 0.0952. The highest BCUT2D eigenvalue weighted by atomic mass is 32.1. The third kappa shape index (κ3) is 8.03. The zero-order chi connectivity index (χ0) is 22.7. The van der Waals surface area contributed by atoms with E-state index in [1.54, 1.807) is 13.3 Å². The molecule has 2 aromatic carbocycles. The number of carbonyl (C=O) groups excluding carboxylic acids is 1. The molecule has 6 nitrogen and oxygen atoms in total. The lowest BCUT2D eigenvalue weighted by Gasteiger charge is -2.04. The van der Waals surface area contributed by atoms with Crippen LogP contribution >= 0.6 is 11.3 Å². The van der Waals surface area contributed by atoms with Gasteiger partial charge in [0, 0.05) is 11.8 Å². The molecule has 0 radical (unpaired) electrons. The molecule has 0 aliphatic rings. The first-order valence-corrected chi connectivity index (χ1v) is 9.53. The molecule has 0 atom stereocenters. The summed E-state index contributed by atoms with van der Waals surface area (Å²) in [4.78, 5) is 19.2. The van der Waals surface area contributed by atoms with E-state index in [9.17, 15) is 18.0 Å². The molecule has 0 aliphatic carbocycles. The minimum Gasteiger partial charge on any atom is -0.479 e. The molecular formula is C21H18F3N3O3S. The minimum absolute atomic E-state index is 0.454. The Morgan fingerprint density at radius 2 is 1.55 bits per heavy atom. The standard InChI is InChI=1S/C14H11N3O2S.C6H6.CHF3O/c1-19-13-11-12(20-14(17-11)16-8-18)10(7-15-13)9-5-3-2-4-6-9;1-2-4-6-5-3-1;2-1(3,4)5/h2-8H,1H3,(H,16,17,18);1-6H;5H. The molecule has 0 unspecified atom stereocenters. The molecular weight excluding hydrogens is 431 g/mol. The highest BCUT2D eigenvalue weighted by molar-refractivity contribution is 7.22. The second-order valence-corrected chi connectivity index (χ2v) is 6.63. The molecule has 162 valence electrons. The number of nitrogens with one attached hydrogen (secondary N) is 1. The molecule has 31 heavy (non-hydrogen) atoms. The van der Waals surface area contributed by atoms with Gasteiger partial charge in [-0.2, -0.15) is 0 Å². The number of aliphatic hydroxyl groups is 1. The fourth-order valence-corrected chi connectivity index (χ4v) is 3.31. The number of fused-ring (bicyclic) bond motifs is 1. The van der Waals surface area contributed by atoms with E-state index in [1.807, 2.05) is 66.7 Å². The monoisotopic (exact) mass is 449 g/mol. The lowest BCUT2D eigenvalue weighted by atomic mass is 10.1. The van der Waals surface area contributed by atoms with Crippen molar-refractivity contribution in [3.8, 4) is 17.0 Å². The van der Waals surface area contributed by atoms with Crippen molar-refractivity contribution in [3.05, 3.63) is 72.9 Å². The number of anilines is 1. The van der Waals surface area contributed by atoms with Crippen LogP contribution in [-0.2, 0) is 4.79 Å². The maximum absolute atomic E-state index is 10.6. The van der Waals surface area contributed by atoms with Crippen LogP contribution in [0.25, 0.3) is 21.3 Å². The van der Waals surface area contributed by atoms with Crippen molar-refractivity contribution in [2.75, 3.05) is 12.4 Å². The second-order valence-electron chi connectivity index (χ2n) is 5.63. The van der Waals surface area contributed by atoms with Crippen LogP contribution in [0.2, 0.25) is 0 Å². The summed E-state index contributed by atoms with van der Waals surface area (Å²) in [5.41, 5.74) is 2.68. The number of methoxy groups -OCH3 is 1. The normalized spacial score (nSPS) is 10.2. The third-order valence-corrected chi connectivity index (χ3v) is 4.53. The number of alkyl halides is 3. The molecule has 0 saturated heterocycles. The van der Waals surface area contributed by atoms with Crippen LogP contribution in [0, 0.1) is 0 Å². The molecule has 0 aliphatic heterocycles. The molecule has 0 spiro atoms. The number of aromatic nitrogens is 2. The smallest absolute Gasteiger partial charge is 0.479 e. The Morgan fingerprint density at radius 1 is 1.03 bits per heavy atom. The summed E-state index contributed by atoms with van der Waals surface area (Å²) in [6.07, 6.45) is -2.63. The number of halogens is 3. The van der Waals surface area contributed by atoms with Crippen LogP contribution in [0.4, 0.5) is 18.3 Å². The van der Waals surface area contributed by atoms with Crippen LogP contribution in [0.1, 0.15) is 0 Å². The van der Waals surface area contributed by atoms with Crippen LogP contribution in [0.5, 0.6) is 5.88 Å². The lowest BCUT2D eigenvalue weighted by molar-refractivity contribution is -0.295. The van der Waals surface area contributed by atoms with E-state index in [0.717, 1.165) is 15.8 Å². The molecule has 2 N–H and O–H groups in total. The maximum Gasteiger partial charge on any atom is 0.519 e. The number of thiazole rings is 1. The number of hydrogen-bond acceptors (Lipinski definition) is 6. The summed E-state index contributed by atoms with van der Waals surface area (Å²) in [5.74, 6) is 0.454. The van der Waals surface area contributed by atoms with Crippen molar-refractivity contribution in [1.82, 2.24) is 9.97 Å². The highest BCUT2D eigenvalue weighted by Crippen LogP contribution is 2.37. The molecule has 0 saturated carbocycles. The molecule has 0 fully saturated rings. The van der Waals surface area contributed by atoms with Crippen LogP contribution in [0.15, 0.2) is 72.9 Å². The zero-order valence-corrected chi connectivity index (χ0v) is 17.0. The van der Waals surface area contributed by atoms with E-state index >= 15 is 0 Å². The van der Waals surface area contributed by atoms with Crippen molar-refractivity contribution in [2.24, 2.45) is 0 Å². The van der Waals surface area contributed by atoms with Crippen molar-refractivity contribution in [2.45, 2.75) is 6.36 Å². The number of rotatable bonds is 4. The van der Waals surface area contributed by atoms with Crippen LogP contribution < -0.4 is 10.1 Å². The van der Waals surface area contributed by atoms with Crippen LogP contribution in [0.3, 0.4) is 0 Å². The predicted octanol–water partition coefficient (Wildman–Crippen LogP) is 5.12. The summed E-state index contributed by atoms with van der Waals surface area (Å²) in [6, 6.07) is 21.9. The maximum atomic E-state index is 10.6. The Bertz CT molecular complexity index is 1040. The summed E-state index contributed by atoms with van der Waals surface area (Å²) in [7, 11) is 1.55. The van der Waals surface area contributed by atoms with Crippen molar-refractivity contribution < 1.29 is 27.8 Å². The van der Waals surface area contributed by atoms with E-state index < -0.39 is 6.36 Å². The number of nitrogens with zero attached hydrogens (tertiary/aromatic N) is 2. The van der Waals surface area contributed by atoms with E-state index in [2.05, 4.69) is 15.3 Å². The Hall–Kier alpha value is -3.50. The molecule has 4 aromatic rings.